The zero-order valence-corrected chi connectivity index (χ0v) is 17.1. The van der Waals surface area contributed by atoms with Crippen molar-refractivity contribution in [2.45, 2.75) is 46.3 Å². The van der Waals surface area contributed by atoms with Gasteiger partial charge in [0.05, 0.1) is 0 Å². The predicted molar refractivity (Wildman–Crippen MR) is 102 cm³/mol. The van der Waals surface area contributed by atoms with E-state index in [9.17, 15) is 0 Å². The zero-order valence-electron chi connectivity index (χ0n) is 14.0. The molecule has 3 rings (SSSR count). The fourth-order valence-electron chi connectivity index (χ4n) is 3.33. The van der Waals surface area contributed by atoms with Crippen molar-refractivity contribution in [3.05, 3.63) is 33.2 Å². The first kappa shape index (κ1) is 17.1. The van der Waals surface area contributed by atoms with Gasteiger partial charge in [-0.25, -0.2) is 0 Å². The van der Waals surface area contributed by atoms with E-state index in [0.717, 1.165) is 44.1 Å². The van der Waals surface area contributed by atoms with E-state index in [4.69, 9.17) is 9.47 Å². The topological polar surface area (TPSA) is 18.5 Å². The summed E-state index contributed by atoms with van der Waals surface area (Å²) in [5.74, 6) is 2.21. The van der Waals surface area contributed by atoms with Gasteiger partial charge in [0.15, 0.2) is 11.5 Å². The Morgan fingerprint density at radius 1 is 0.783 bits per heavy atom. The second-order valence-electron chi connectivity index (χ2n) is 7.22. The number of hydrogen-bond donors (Lipinski definition) is 0. The number of rotatable bonds is 4. The van der Waals surface area contributed by atoms with E-state index < -0.39 is 5.79 Å². The van der Waals surface area contributed by atoms with E-state index in [-0.39, 0.29) is 0 Å². The number of hydrogen-bond acceptors (Lipinski definition) is 2. The van der Waals surface area contributed by atoms with Gasteiger partial charge in [-0.2, -0.15) is 0 Å². The lowest BCUT2D eigenvalue weighted by molar-refractivity contribution is -0.108. The Morgan fingerprint density at radius 3 is 1.52 bits per heavy atom. The lowest BCUT2D eigenvalue weighted by atomic mass is 9.94. The summed E-state index contributed by atoms with van der Waals surface area (Å²) in [6, 6.07) is 8.39. The molecule has 0 atom stereocenters. The van der Waals surface area contributed by atoms with Gasteiger partial charge in [0.1, 0.15) is 0 Å². The Morgan fingerprint density at radius 2 is 1.17 bits per heavy atom. The fourth-order valence-corrected chi connectivity index (χ4v) is 4.05. The van der Waals surface area contributed by atoms with E-state index in [1.165, 1.54) is 0 Å². The maximum atomic E-state index is 6.35. The first-order chi connectivity index (χ1) is 10.8. The van der Waals surface area contributed by atoms with Crippen LogP contribution in [0.1, 0.15) is 40.5 Å². The first-order valence-corrected chi connectivity index (χ1v) is 9.67. The monoisotopic (exact) mass is 440 g/mol. The van der Waals surface area contributed by atoms with Gasteiger partial charge in [-0.1, -0.05) is 27.7 Å². The molecule has 0 bridgehead atoms. The molecular formula is C19H22Br2O2. The maximum Gasteiger partial charge on any atom is 0.252 e. The van der Waals surface area contributed by atoms with Crippen molar-refractivity contribution in [3.63, 3.8) is 0 Å². The Balaban J connectivity index is 2.02. The smallest absolute Gasteiger partial charge is 0.252 e. The molecular weight excluding hydrogens is 420 g/mol. The lowest BCUT2D eigenvalue weighted by Crippen LogP contribution is -2.41. The van der Waals surface area contributed by atoms with Crippen molar-refractivity contribution < 1.29 is 9.47 Å². The Kier molecular flexibility index (Phi) is 4.67. The van der Waals surface area contributed by atoms with Crippen LogP contribution in [0.15, 0.2) is 33.2 Å². The van der Waals surface area contributed by atoms with Crippen LogP contribution in [-0.2, 0) is 0 Å². The molecule has 1 aliphatic heterocycles. The largest absolute Gasteiger partial charge is 0.448 e. The first-order valence-electron chi connectivity index (χ1n) is 8.09. The molecule has 0 aromatic heterocycles. The summed E-state index contributed by atoms with van der Waals surface area (Å²) >= 11 is 7.13. The second kappa shape index (κ2) is 6.29. The number of halogens is 2. The Bertz CT molecular complexity index is 675. The SMILES string of the molecule is CC(C)CC1(CC(C)C)Oc2cc3cc(Br)c(Br)cc3cc2O1. The summed E-state index contributed by atoms with van der Waals surface area (Å²) < 4.78 is 14.8. The quantitative estimate of drug-likeness (QED) is 0.512. The number of ether oxygens (including phenoxy) is 2. The minimum absolute atomic E-state index is 0.515. The molecule has 0 amide bonds. The van der Waals surface area contributed by atoms with Crippen LogP contribution in [0.5, 0.6) is 11.5 Å². The van der Waals surface area contributed by atoms with E-state index in [1.807, 2.05) is 0 Å². The van der Waals surface area contributed by atoms with Crippen molar-refractivity contribution in [2.75, 3.05) is 0 Å². The minimum atomic E-state index is -0.531. The molecule has 0 N–H and O–H groups in total. The molecule has 0 unspecified atom stereocenters. The van der Waals surface area contributed by atoms with Gasteiger partial charge in [-0.15, -0.1) is 0 Å². The van der Waals surface area contributed by atoms with Gasteiger partial charge in [-0.05, 0) is 78.7 Å². The van der Waals surface area contributed by atoms with E-state index >= 15 is 0 Å². The summed E-state index contributed by atoms with van der Waals surface area (Å²) in [5, 5.41) is 2.29. The van der Waals surface area contributed by atoms with Crippen LogP contribution >= 0.6 is 31.9 Å². The molecule has 0 saturated carbocycles. The third-order valence-electron chi connectivity index (χ3n) is 3.97. The third-order valence-corrected chi connectivity index (χ3v) is 5.82. The molecule has 1 aliphatic rings. The molecule has 0 fully saturated rings. The summed E-state index contributed by atoms with van der Waals surface area (Å²) in [4.78, 5) is 0. The highest BCUT2D eigenvalue weighted by Gasteiger charge is 2.42. The van der Waals surface area contributed by atoms with Crippen LogP contribution in [0, 0.1) is 11.8 Å². The van der Waals surface area contributed by atoms with Crippen molar-refractivity contribution in [3.8, 4) is 11.5 Å². The fraction of sp³-hybridized carbons (Fsp3) is 0.474. The van der Waals surface area contributed by atoms with Crippen LogP contribution in [0.4, 0.5) is 0 Å². The highest BCUT2D eigenvalue weighted by Crippen LogP contribution is 2.47. The number of fused-ring (bicyclic) bond motifs is 2. The van der Waals surface area contributed by atoms with Gasteiger partial charge in [0.25, 0.3) is 5.79 Å². The van der Waals surface area contributed by atoms with Gasteiger partial charge in [-0.3, -0.25) is 0 Å². The highest BCUT2D eigenvalue weighted by molar-refractivity contribution is 9.13. The van der Waals surface area contributed by atoms with Gasteiger partial charge < -0.3 is 9.47 Å². The molecule has 0 aliphatic carbocycles. The third kappa shape index (κ3) is 3.53. The normalized spacial score (nSPS) is 15.8. The van der Waals surface area contributed by atoms with Crippen LogP contribution < -0.4 is 9.47 Å². The molecule has 23 heavy (non-hydrogen) atoms. The molecule has 124 valence electrons. The molecule has 0 saturated heterocycles. The van der Waals surface area contributed by atoms with Gasteiger partial charge in [0, 0.05) is 21.8 Å². The van der Waals surface area contributed by atoms with Crippen molar-refractivity contribution in [1.29, 1.82) is 0 Å². The highest BCUT2D eigenvalue weighted by atomic mass is 79.9. The van der Waals surface area contributed by atoms with E-state index in [2.05, 4.69) is 83.8 Å². The summed E-state index contributed by atoms with van der Waals surface area (Å²) in [6.07, 6.45) is 1.78. The van der Waals surface area contributed by atoms with Crippen molar-refractivity contribution in [1.82, 2.24) is 0 Å². The maximum absolute atomic E-state index is 6.35. The molecule has 4 heteroatoms. The molecule has 1 heterocycles. The molecule has 0 spiro atoms. The number of benzene rings is 2. The van der Waals surface area contributed by atoms with E-state index in [0.29, 0.717) is 11.8 Å². The van der Waals surface area contributed by atoms with Crippen LogP contribution in [0.25, 0.3) is 10.8 Å². The molecule has 0 radical (unpaired) electrons. The predicted octanol–water partition coefficient (Wildman–Crippen LogP) is 6.92. The average molecular weight is 442 g/mol. The average Bonchev–Trinajstić information content (AvgIpc) is 2.72. The van der Waals surface area contributed by atoms with Crippen LogP contribution in [-0.4, -0.2) is 5.79 Å². The molecule has 2 nitrogen and oxygen atoms in total. The van der Waals surface area contributed by atoms with E-state index in [1.54, 1.807) is 0 Å². The lowest BCUT2D eigenvalue weighted by Gasteiger charge is -2.31. The zero-order chi connectivity index (χ0) is 16.8. The molecule has 2 aromatic carbocycles. The second-order valence-corrected chi connectivity index (χ2v) is 8.93. The van der Waals surface area contributed by atoms with Crippen LogP contribution in [0.2, 0.25) is 0 Å². The Labute approximate surface area is 154 Å². The Hall–Kier alpha value is -0.740. The summed E-state index contributed by atoms with van der Waals surface area (Å²) in [5.41, 5.74) is 0. The van der Waals surface area contributed by atoms with Crippen molar-refractivity contribution >= 4 is 42.6 Å². The molecule has 2 aromatic rings. The summed E-state index contributed by atoms with van der Waals surface area (Å²) in [6.45, 7) is 8.84. The van der Waals surface area contributed by atoms with Crippen LogP contribution in [0.3, 0.4) is 0 Å². The minimum Gasteiger partial charge on any atom is -0.448 e. The van der Waals surface area contributed by atoms with Crippen molar-refractivity contribution in [2.24, 2.45) is 11.8 Å². The summed E-state index contributed by atoms with van der Waals surface area (Å²) in [7, 11) is 0. The van der Waals surface area contributed by atoms with Gasteiger partial charge in [0.2, 0.25) is 0 Å². The van der Waals surface area contributed by atoms with Gasteiger partial charge >= 0.3 is 0 Å². The standard InChI is InChI=1S/C19H22Br2O2/c1-11(2)9-19(10-12(3)4)22-17-7-13-5-15(20)16(21)6-14(13)8-18(17)23-19/h5-8,11-12H,9-10H2,1-4H3.